The Morgan fingerprint density at radius 3 is 2.58 bits per heavy atom. The van der Waals surface area contributed by atoms with Gasteiger partial charge in [0.2, 0.25) is 0 Å². The molecule has 0 radical (unpaired) electrons. The minimum absolute atomic E-state index is 0.217. The molecule has 3 atom stereocenters. The van der Waals surface area contributed by atoms with E-state index in [2.05, 4.69) is 38.8 Å². The molecule has 0 bridgehead atoms. The van der Waals surface area contributed by atoms with E-state index in [-0.39, 0.29) is 4.83 Å². The van der Waals surface area contributed by atoms with Crippen LogP contribution in [-0.2, 0) is 4.74 Å². The summed E-state index contributed by atoms with van der Waals surface area (Å²) in [4.78, 5) is 0.217. The summed E-state index contributed by atoms with van der Waals surface area (Å²) in [5.74, 6) is 2.06. The van der Waals surface area contributed by atoms with E-state index in [0.29, 0.717) is 12.0 Å². The fourth-order valence-corrected chi connectivity index (χ4v) is 3.86. The number of ether oxygens (including phenoxy) is 3. The third-order valence-corrected chi connectivity index (χ3v) is 5.45. The van der Waals surface area contributed by atoms with Crippen molar-refractivity contribution in [2.24, 2.45) is 5.92 Å². The number of alkyl halides is 1. The fourth-order valence-electron chi connectivity index (χ4n) is 2.44. The number of hydrogen-bond donors (Lipinski definition) is 0. The van der Waals surface area contributed by atoms with Crippen molar-refractivity contribution in [2.45, 2.75) is 24.3 Å². The molecule has 0 aliphatic carbocycles. The molecule has 1 fully saturated rings. The average molecular weight is 394 g/mol. The quantitative estimate of drug-likeness (QED) is 0.712. The van der Waals surface area contributed by atoms with Crippen molar-refractivity contribution >= 4 is 31.9 Å². The molecule has 0 amide bonds. The van der Waals surface area contributed by atoms with E-state index in [9.17, 15) is 0 Å². The summed E-state index contributed by atoms with van der Waals surface area (Å²) in [5.41, 5.74) is 1.12. The molecule has 1 aromatic carbocycles. The van der Waals surface area contributed by atoms with Crippen LogP contribution in [0.2, 0.25) is 0 Å². The highest BCUT2D eigenvalue weighted by Crippen LogP contribution is 2.46. The number of methoxy groups -OCH3 is 2. The van der Waals surface area contributed by atoms with Gasteiger partial charge in [-0.3, -0.25) is 0 Å². The highest BCUT2D eigenvalue weighted by atomic mass is 79.9. The Balaban J connectivity index is 2.31. The number of rotatable bonds is 4. The molecule has 19 heavy (non-hydrogen) atoms. The smallest absolute Gasteiger partial charge is 0.141 e. The van der Waals surface area contributed by atoms with Crippen LogP contribution in [-0.4, -0.2) is 26.9 Å². The Hall–Kier alpha value is -0.260. The van der Waals surface area contributed by atoms with Crippen molar-refractivity contribution in [3.8, 4) is 11.5 Å². The van der Waals surface area contributed by atoms with Crippen LogP contribution < -0.4 is 9.47 Å². The maximum absolute atomic E-state index is 5.65. The Bertz CT molecular complexity index is 451. The van der Waals surface area contributed by atoms with E-state index in [1.54, 1.807) is 14.2 Å². The molecule has 0 aromatic heterocycles. The summed E-state index contributed by atoms with van der Waals surface area (Å²) in [7, 11) is 3.33. The fraction of sp³-hybridized carbons (Fsp3) is 0.571. The van der Waals surface area contributed by atoms with Gasteiger partial charge >= 0.3 is 0 Å². The first kappa shape index (κ1) is 15.1. The summed E-state index contributed by atoms with van der Waals surface area (Å²) >= 11 is 7.33. The van der Waals surface area contributed by atoms with Gasteiger partial charge in [0.1, 0.15) is 16.0 Å². The third kappa shape index (κ3) is 3.09. The zero-order valence-electron chi connectivity index (χ0n) is 11.3. The third-order valence-electron chi connectivity index (χ3n) is 3.46. The Labute approximate surface area is 130 Å². The predicted molar refractivity (Wildman–Crippen MR) is 82.4 cm³/mol. The normalized spacial score (nSPS) is 24.3. The first-order chi connectivity index (χ1) is 9.08. The van der Waals surface area contributed by atoms with Crippen LogP contribution in [0.15, 0.2) is 16.6 Å². The Kier molecular flexibility index (Phi) is 5.15. The van der Waals surface area contributed by atoms with E-state index in [4.69, 9.17) is 14.2 Å². The lowest BCUT2D eigenvalue weighted by molar-refractivity contribution is 0.120. The SMILES string of the molecule is COc1ccc(C(Br)C2COC(C)C2)c(OC)c1Br. The highest BCUT2D eigenvalue weighted by Gasteiger charge is 2.31. The van der Waals surface area contributed by atoms with Gasteiger partial charge in [-0.05, 0) is 35.3 Å². The van der Waals surface area contributed by atoms with Crippen molar-refractivity contribution in [3.05, 3.63) is 22.2 Å². The average Bonchev–Trinajstić information content (AvgIpc) is 2.84. The lowest BCUT2D eigenvalue weighted by Gasteiger charge is -2.21. The predicted octanol–water partition coefficient (Wildman–Crippen LogP) is 4.33. The summed E-state index contributed by atoms with van der Waals surface area (Å²) in [6, 6.07) is 4.00. The summed E-state index contributed by atoms with van der Waals surface area (Å²) in [6.45, 7) is 2.89. The van der Waals surface area contributed by atoms with Gasteiger partial charge in [0.05, 0.1) is 26.9 Å². The molecule has 1 heterocycles. The number of benzene rings is 1. The molecule has 5 heteroatoms. The Morgan fingerprint density at radius 2 is 2.05 bits per heavy atom. The highest BCUT2D eigenvalue weighted by molar-refractivity contribution is 9.10. The van der Waals surface area contributed by atoms with E-state index >= 15 is 0 Å². The van der Waals surface area contributed by atoms with Gasteiger partial charge in [0, 0.05) is 16.3 Å². The summed E-state index contributed by atoms with van der Waals surface area (Å²) in [5, 5.41) is 0. The first-order valence-electron chi connectivity index (χ1n) is 6.24. The standard InChI is InChI=1S/C14H18Br2O3/c1-8-6-9(7-19-8)12(15)10-4-5-11(17-2)13(16)14(10)18-3/h4-5,8-9,12H,6-7H2,1-3H3. The van der Waals surface area contributed by atoms with Crippen molar-refractivity contribution in [3.63, 3.8) is 0 Å². The topological polar surface area (TPSA) is 27.7 Å². The van der Waals surface area contributed by atoms with Crippen LogP contribution in [0.4, 0.5) is 0 Å². The number of hydrogen-bond acceptors (Lipinski definition) is 3. The van der Waals surface area contributed by atoms with E-state index in [0.717, 1.165) is 34.6 Å². The largest absolute Gasteiger partial charge is 0.495 e. The lowest BCUT2D eigenvalue weighted by atomic mass is 9.96. The molecule has 0 saturated carbocycles. The molecular formula is C14H18Br2O3. The molecule has 3 unspecified atom stereocenters. The van der Waals surface area contributed by atoms with Crippen molar-refractivity contribution in [1.29, 1.82) is 0 Å². The second-order valence-electron chi connectivity index (χ2n) is 4.75. The molecule has 0 N–H and O–H groups in total. The van der Waals surface area contributed by atoms with Crippen LogP contribution in [0.3, 0.4) is 0 Å². The monoisotopic (exact) mass is 392 g/mol. The van der Waals surface area contributed by atoms with Gasteiger partial charge in [-0.2, -0.15) is 0 Å². The molecule has 1 aromatic rings. The van der Waals surface area contributed by atoms with E-state index < -0.39 is 0 Å². The van der Waals surface area contributed by atoms with Crippen molar-refractivity contribution in [1.82, 2.24) is 0 Å². The summed E-state index contributed by atoms with van der Waals surface area (Å²) < 4.78 is 17.3. The van der Waals surface area contributed by atoms with E-state index in [1.807, 2.05) is 12.1 Å². The molecule has 106 valence electrons. The van der Waals surface area contributed by atoms with Gasteiger partial charge in [-0.1, -0.05) is 22.0 Å². The zero-order valence-corrected chi connectivity index (χ0v) is 14.5. The molecular weight excluding hydrogens is 376 g/mol. The van der Waals surface area contributed by atoms with Crippen LogP contribution >= 0.6 is 31.9 Å². The maximum atomic E-state index is 5.65. The van der Waals surface area contributed by atoms with Crippen LogP contribution in [0, 0.1) is 5.92 Å². The van der Waals surface area contributed by atoms with Crippen LogP contribution in [0.5, 0.6) is 11.5 Å². The minimum atomic E-state index is 0.217. The molecule has 1 saturated heterocycles. The molecule has 0 spiro atoms. The van der Waals surface area contributed by atoms with Gasteiger partial charge in [0.25, 0.3) is 0 Å². The summed E-state index contributed by atoms with van der Waals surface area (Å²) in [6.07, 6.45) is 1.39. The zero-order chi connectivity index (χ0) is 14.0. The van der Waals surface area contributed by atoms with Gasteiger partial charge in [0.15, 0.2) is 0 Å². The molecule has 1 aliphatic rings. The van der Waals surface area contributed by atoms with Crippen LogP contribution in [0.1, 0.15) is 23.7 Å². The molecule has 2 rings (SSSR count). The maximum Gasteiger partial charge on any atom is 0.141 e. The Morgan fingerprint density at radius 1 is 1.32 bits per heavy atom. The van der Waals surface area contributed by atoms with Crippen molar-refractivity contribution in [2.75, 3.05) is 20.8 Å². The van der Waals surface area contributed by atoms with Gasteiger partial charge < -0.3 is 14.2 Å². The van der Waals surface area contributed by atoms with E-state index in [1.165, 1.54) is 0 Å². The lowest BCUT2D eigenvalue weighted by Crippen LogP contribution is -2.09. The van der Waals surface area contributed by atoms with Gasteiger partial charge in [-0.15, -0.1) is 0 Å². The number of halogens is 2. The van der Waals surface area contributed by atoms with Crippen LogP contribution in [0.25, 0.3) is 0 Å². The molecule has 1 aliphatic heterocycles. The minimum Gasteiger partial charge on any atom is -0.495 e. The second kappa shape index (κ2) is 6.46. The second-order valence-corrected chi connectivity index (χ2v) is 6.53. The molecule has 3 nitrogen and oxygen atoms in total. The van der Waals surface area contributed by atoms with Crippen molar-refractivity contribution < 1.29 is 14.2 Å². The first-order valence-corrected chi connectivity index (χ1v) is 7.95. The van der Waals surface area contributed by atoms with Gasteiger partial charge in [-0.25, -0.2) is 0 Å².